The van der Waals surface area contributed by atoms with E-state index in [1.807, 2.05) is 25.1 Å². The van der Waals surface area contributed by atoms with Crippen LogP contribution in [0.15, 0.2) is 22.7 Å². The van der Waals surface area contributed by atoms with E-state index in [0.29, 0.717) is 12.8 Å². The fourth-order valence-corrected chi connectivity index (χ4v) is 3.03. The summed E-state index contributed by atoms with van der Waals surface area (Å²) < 4.78 is 23.0. The molecule has 0 aliphatic rings. The maximum absolute atomic E-state index is 11.0. The number of hydrogen-bond acceptors (Lipinski definition) is 3. The molecule has 0 amide bonds. The molecule has 0 saturated carbocycles. The third-order valence-corrected chi connectivity index (χ3v) is 4.01. The Kier molecular flexibility index (Phi) is 5.16. The molecule has 2 N–H and O–H groups in total. The highest BCUT2D eigenvalue weighted by Crippen LogP contribution is 2.22. The summed E-state index contributed by atoms with van der Waals surface area (Å²) in [6.45, 7) is 2.01. The maximum atomic E-state index is 11.0. The average Bonchev–Trinajstić information content (AvgIpc) is 2.13. The van der Waals surface area contributed by atoms with E-state index in [9.17, 15) is 8.42 Å². The standard InChI is InChI=1S/C12H18BrNO2S/c1-9-6-10(8-11(13)7-9)12(14)4-3-5-17(2,15)16/h6-8,12H,3-5,14H2,1-2H3. The summed E-state index contributed by atoms with van der Waals surface area (Å²) in [5.41, 5.74) is 8.24. The van der Waals surface area contributed by atoms with Crippen molar-refractivity contribution in [3.05, 3.63) is 33.8 Å². The molecule has 0 spiro atoms. The highest BCUT2D eigenvalue weighted by molar-refractivity contribution is 9.10. The van der Waals surface area contributed by atoms with Gasteiger partial charge in [0, 0.05) is 22.5 Å². The van der Waals surface area contributed by atoms with Gasteiger partial charge in [-0.05, 0) is 43.0 Å². The molecule has 0 bridgehead atoms. The lowest BCUT2D eigenvalue weighted by atomic mass is 10.0. The van der Waals surface area contributed by atoms with Crippen molar-refractivity contribution < 1.29 is 8.42 Å². The van der Waals surface area contributed by atoms with Gasteiger partial charge in [-0.25, -0.2) is 8.42 Å². The zero-order valence-corrected chi connectivity index (χ0v) is 12.5. The Labute approximate surface area is 111 Å². The van der Waals surface area contributed by atoms with Gasteiger partial charge in [0.05, 0.1) is 0 Å². The first-order valence-corrected chi connectivity index (χ1v) is 8.34. The predicted molar refractivity (Wildman–Crippen MR) is 74.8 cm³/mol. The minimum atomic E-state index is -2.88. The molecule has 1 unspecified atom stereocenters. The molecule has 17 heavy (non-hydrogen) atoms. The molecular weight excluding hydrogens is 302 g/mol. The molecule has 96 valence electrons. The SMILES string of the molecule is Cc1cc(Br)cc(C(N)CCCS(C)(=O)=O)c1. The molecule has 1 aromatic rings. The van der Waals surface area contributed by atoms with E-state index in [0.717, 1.165) is 15.6 Å². The van der Waals surface area contributed by atoms with Gasteiger partial charge in [0.1, 0.15) is 9.84 Å². The van der Waals surface area contributed by atoms with Crippen molar-refractivity contribution in [1.82, 2.24) is 0 Å². The second-order valence-electron chi connectivity index (χ2n) is 4.44. The highest BCUT2D eigenvalue weighted by atomic mass is 79.9. The van der Waals surface area contributed by atoms with Crippen LogP contribution >= 0.6 is 15.9 Å². The number of nitrogens with two attached hydrogens (primary N) is 1. The van der Waals surface area contributed by atoms with Gasteiger partial charge in [-0.1, -0.05) is 22.0 Å². The van der Waals surface area contributed by atoms with Crippen LogP contribution in [-0.2, 0) is 9.84 Å². The van der Waals surface area contributed by atoms with E-state index < -0.39 is 9.84 Å². The summed E-state index contributed by atoms with van der Waals surface area (Å²) in [5.74, 6) is 0.202. The van der Waals surface area contributed by atoms with E-state index in [1.54, 1.807) is 0 Å². The van der Waals surface area contributed by atoms with Crippen LogP contribution in [0.3, 0.4) is 0 Å². The lowest BCUT2D eigenvalue weighted by Crippen LogP contribution is -2.13. The highest BCUT2D eigenvalue weighted by Gasteiger charge is 2.09. The number of hydrogen-bond donors (Lipinski definition) is 1. The Balaban J connectivity index is 2.61. The summed E-state index contributed by atoms with van der Waals surface area (Å²) in [5, 5.41) is 0. The number of rotatable bonds is 5. The molecule has 1 aromatic carbocycles. The van der Waals surface area contributed by atoms with Crippen LogP contribution in [0.4, 0.5) is 0 Å². The topological polar surface area (TPSA) is 60.2 Å². The fraction of sp³-hybridized carbons (Fsp3) is 0.500. The second kappa shape index (κ2) is 5.98. The minimum absolute atomic E-state index is 0.104. The molecule has 1 atom stereocenters. The van der Waals surface area contributed by atoms with Gasteiger partial charge in [-0.3, -0.25) is 0 Å². The third-order valence-electron chi connectivity index (χ3n) is 2.52. The Morgan fingerprint density at radius 3 is 2.53 bits per heavy atom. The first-order valence-electron chi connectivity index (χ1n) is 5.48. The number of benzene rings is 1. The van der Waals surface area contributed by atoms with Crippen LogP contribution in [0.2, 0.25) is 0 Å². The number of sulfone groups is 1. The molecular formula is C12H18BrNO2S. The summed E-state index contributed by atoms with van der Waals surface area (Å²) >= 11 is 3.43. The maximum Gasteiger partial charge on any atom is 0.147 e. The second-order valence-corrected chi connectivity index (χ2v) is 7.62. The zero-order valence-electron chi connectivity index (χ0n) is 10.1. The Bertz CT molecular complexity index is 465. The van der Waals surface area contributed by atoms with Gasteiger partial charge in [0.15, 0.2) is 0 Å². The van der Waals surface area contributed by atoms with Gasteiger partial charge in [0.2, 0.25) is 0 Å². The van der Waals surface area contributed by atoms with Gasteiger partial charge in [0.25, 0.3) is 0 Å². The Morgan fingerprint density at radius 1 is 1.35 bits per heavy atom. The molecule has 3 nitrogen and oxygen atoms in total. The summed E-state index contributed by atoms with van der Waals surface area (Å²) in [4.78, 5) is 0. The van der Waals surface area contributed by atoms with Crippen molar-refractivity contribution >= 4 is 25.8 Å². The first kappa shape index (κ1) is 14.7. The quantitative estimate of drug-likeness (QED) is 0.907. The van der Waals surface area contributed by atoms with E-state index in [2.05, 4.69) is 15.9 Å². The van der Waals surface area contributed by atoms with Gasteiger partial charge < -0.3 is 5.73 Å². The summed E-state index contributed by atoms with van der Waals surface area (Å²) in [7, 11) is -2.88. The predicted octanol–water partition coefficient (Wildman–Crippen LogP) is 2.58. The molecule has 0 heterocycles. The van der Waals surface area contributed by atoms with E-state index in [1.165, 1.54) is 6.26 Å². The third kappa shape index (κ3) is 5.66. The Hall–Kier alpha value is -0.390. The number of aryl methyl sites for hydroxylation is 1. The van der Waals surface area contributed by atoms with Crippen molar-refractivity contribution in [2.75, 3.05) is 12.0 Å². The molecule has 0 aliphatic carbocycles. The number of halogens is 1. The Morgan fingerprint density at radius 2 is 2.00 bits per heavy atom. The summed E-state index contributed by atoms with van der Waals surface area (Å²) in [6.07, 6.45) is 2.54. The van der Waals surface area contributed by atoms with E-state index in [4.69, 9.17) is 5.73 Å². The smallest absolute Gasteiger partial charge is 0.147 e. The van der Waals surface area contributed by atoms with Crippen LogP contribution in [0.5, 0.6) is 0 Å². The van der Waals surface area contributed by atoms with Crippen LogP contribution in [0.25, 0.3) is 0 Å². The molecule has 1 rings (SSSR count). The van der Waals surface area contributed by atoms with Crippen molar-refractivity contribution in [2.24, 2.45) is 5.73 Å². The van der Waals surface area contributed by atoms with E-state index in [-0.39, 0.29) is 11.8 Å². The van der Waals surface area contributed by atoms with E-state index >= 15 is 0 Å². The fourth-order valence-electron chi connectivity index (χ4n) is 1.71. The van der Waals surface area contributed by atoms with Gasteiger partial charge in [-0.15, -0.1) is 0 Å². The van der Waals surface area contributed by atoms with Crippen LogP contribution in [0.1, 0.15) is 30.0 Å². The largest absolute Gasteiger partial charge is 0.324 e. The monoisotopic (exact) mass is 319 g/mol. The molecule has 0 radical (unpaired) electrons. The van der Waals surface area contributed by atoms with Crippen LogP contribution in [0, 0.1) is 6.92 Å². The normalized spacial score (nSPS) is 13.6. The molecule has 0 saturated heterocycles. The summed E-state index contributed by atoms with van der Waals surface area (Å²) in [6, 6.07) is 5.94. The van der Waals surface area contributed by atoms with Crippen molar-refractivity contribution in [2.45, 2.75) is 25.8 Å². The minimum Gasteiger partial charge on any atom is -0.324 e. The molecule has 0 aromatic heterocycles. The molecule has 0 fully saturated rings. The average molecular weight is 320 g/mol. The van der Waals surface area contributed by atoms with Gasteiger partial charge in [-0.2, -0.15) is 0 Å². The zero-order chi connectivity index (χ0) is 13.1. The van der Waals surface area contributed by atoms with Crippen LogP contribution < -0.4 is 5.73 Å². The van der Waals surface area contributed by atoms with Crippen molar-refractivity contribution in [1.29, 1.82) is 0 Å². The van der Waals surface area contributed by atoms with Crippen LogP contribution in [-0.4, -0.2) is 20.4 Å². The lowest BCUT2D eigenvalue weighted by molar-refractivity contribution is 0.588. The molecule has 5 heteroatoms. The van der Waals surface area contributed by atoms with Gasteiger partial charge >= 0.3 is 0 Å². The van der Waals surface area contributed by atoms with Crippen molar-refractivity contribution in [3.63, 3.8) is 0 Å². The lowest BCUT2D eigenvalue weighted by Gasteiger charge is -2.13. The van der Waals surface area contributed by atoms with Crippen molar-refractivity contribution in [3.8, 4) is 0 Å². The molecule has 0 aliphatic heterocycles. The first-order chi connectivity index (χ1) is 7.78.